The number of aromatic hydroxyl groups is 1. The van der Waals surface area contributed by atoms with Gasteiger partial charge in [-0.25, -0.2) is 5.01 Å². The topological polar surface area (TPSA) is 439 Å². The van der Waals surface area contributed by atoms with Crippen molar-refractivity contribution in [1.82, 2.24) is 71.2 Å². The van der Waals surface area contributed by atoms with Gasteiger partial charge in [-0.3, -0.25) is 9.59 Å². The van der Waals surface area contributed by atoms with Crippen LogP contribution < -0.4 is 25.7 Å². The summed E-state index contributed by atoms with van der Waals surface area (Å²) in [6.07, 6.45) is 3.49. The molecule has 0 aliphatic carbocycles. The Kier molecular flexibility index (Phi) is 67.9. The number of carbonyl (C=O) groups is 4. The van der Waals surface area contributed by atoms with Crippen LogP contribution in [0.3, 0.4) is 0 Å². The van der Waals surface area contributed by atoms with Crippen molar-refractivity contribution in [2.75, 3.05) is 45.4 Å². The molecule has 51 heteroatoms. The Bertz CT molecular complexity index is 5710. The van der Waals surface area contributed by atoms with E-state index in [1.54, 1.807) is 86.8 Å². The maximum atomic E-state index is 12.2. The molecular formula is C95H122Cl18IN19O11SiSn. The molecule has 6 aromatic heterocycles. The van der Waals surface area contributed by atoms with E-state index in [1.165, 1.54) is 43.2 Å². The van der Waals surface area contributed by atoms with E-state index >= 15 is 0 Å². The quantitative estimate of drug-likeness (QED) is 0.0103. The van der Waals surface area contributed by atoms with E-state index in [9.17, 15) is 19.2 Å². The van der Waals surface area contributed by atoms with Crippen molar-refractivity contribution in [3.05, 3.63) is 215 Å². The van der Waals surface area contributed by atoms with E-state index in [0.717, 1.165) is 62.1 Å². The Morgan fingerprint density at radius 2 is 0.705 bits per heavy atom. The maximum Gasteiger partial charge on any atom is 0.152 e. The minimum Gasteiger partial charge on any atom is -0.505 e. The largest absolute Gasteiger partial charge is 0.505 e. The molecule has 8 N–H and O–H groups in total. The van der Waals surface area contributed by atoms with Gasteiger partial charge in [0, 0.05) is 84.3 Å². The van der Waals surface area contributed by atoms with Crippen molar-refractivity contribution in [3.8, 4) is 46.7 Å². The second kappa shape index (κ2) is 69.7. The van der Waals surface area contributed by atoms with Gasteiger partial charge in [0.1, 0.15) is 5.71 Å². The molecule has 4 aromatic carbocycles. The fraction of sp³-hybridized carbons (Fsp3) is 0.421. The van der Waals surface area contributed by atoms with Crippen molar-refractivity contribution in [2.24, 2.45) is 16.1 Å². The molecule has 804 valence electrons. The number of aromatic nitrogens is 12. The Balaban J connectivity index is 0. The number of phenols is 1. The van der Waals surface area contributed by atoms with Gasteiger partial charge in [-0.15, -0.1) is 61.2 Å². The molecule has 2 aliphatic rings. The Hall–Kier alpha value is -5.88. The minimum absolute atomic E-state index is 0. The number of amides is 2. The first-order valence-electron chi connectivity index (χ1n) is 43.1. The number of hydrazone groups is 2. The summed E-state index contributed by atoms with van der Waals surface area (Å²) in [6, 6.07) is 26.0. The van der Waals surface area contributed by atoms with Gasteiger partial charge in [0.25, 0.3) is 0 Å². The van der Waals surface area contributed by atoms with E-state index < -0.39 is 31.5 Å². The monoisotopic (exact) mass is 2610 g/mol. The molecule has 2 aliphatic heterocycles. The molecule has 12 rings (SSSR count). The van der Waals surface area contributed by atoms with Crippen LogP contribution in [0.2, 0.25) is 120 Å². The van der Waals surface area contributed by atoms with Crippen LogP contribution in [-0.2, 0) is 19.2 Å². The summed E-state index contributed by atoms with van der Waals surface area (Å²) in [5.41, 5.74) is 16.6. The molecule has 30 nitrogen and oxygen atoms in total. The summed E-state index contributed by atoms with van der Waals surface area (Å²) >= 11 is 106. The SMILES string of the molecule is C.C.C.CC#N.CC(C)(C)[Si](C)(C)Cl.CC(CO)CO.CC(CO)c1cc(Cl)nnc1Cl.CCC(C)c1cc(Cl)nnc1Cl.CCC(C)c1cc(Oc2c(Cl)cc(C3=NN(C)C(=O)CC3=O)cc2Cl)nnc1Cl.CCC(C)c1cc(Oc2c(Cl)cc(I)cc2Cl)nnc1Cl.CCC(C)c1cc(Oc2c(Cl)cc(N)cc2Cl)nnc1Cl.CN1N=[C]([Sn]([CH3])([CH3])[CH3])C(=O)CC1=O.Clc1ccc(Cl)nn1.Nc1cc(Cl)c(O)c(Cl)c1. The van der Waals surface area contributed by atoms with Crippen LogP contribution in [0, 0.1) is 20.8 Å². The molecule has 0 bridgehead atoms. The third-order valence-electron chi connectivity index (χ3n) is 20.1. The van der Waals surface area contributed by atoms with Crippen molar-refractivity contribution in [1.29, 1.82) is 5.26 Å². The first kappa shape index (κ1) is 142. The van der Waals surface area contributed by atoms with Crippen molar-refractivity contribution < 1.29 is 53.8 Å². The number of halogens is 19. The second-order valence-corrected chi connectivity index (χ2v) is 62.9. The third kappa shape index (κ3) is 49.0. The number of aliphatic hydroxyl groups excluding tert-OH is 3. The zero-order valence-electron chi connectivity index (χ0n) is 81.6. The first-order chi connectivity index (χ1) is 66.5. The minimum atomic E-state index is -2.40. The zero-order chi connectivity index (χ0) is 109. The second-order valence-electron chi connectivity index (χ2n) is 33.6. The number of nitrogens with two attached hydrogens (primary N) is 2. The normalized spacial score (nSPS) is 12.8. The summed E-state index contributed by atoms with van der Waals surface area (Å²) in [7, 11) is 1.69. The van der Waals surface area contributed by atoms with Crippen molar-refractivity contribution in [2.45, 2.75) is 220 Å². The number of phenolic OH excluding ortho intramolecular Hbond substituents is 1. The Morgan fingerprint density at radius 3 is 0.986 bits per heavy atom. The number of carbonyl (C=O) groups excluding carboxylic acids is 4. The number of ketones is 2. The molecule has 10 aromatic rings. The molecule has 0 fully saturated rings. The summed E-state index contributed by atoms with van der Waals surface area (Å²) in [6.45, 7) is 32.7. The van der Waals surface area contributed by atoms with Crippen LogP contribution in [-0.4, -0.2) is 184 Å². The molecule has 5 atom stereocenters. The molecule has 2 amide bonds. The van der Waals surface area contributed by atoms with Gasteiger partial charge >= 0.3 is 81.8 Å². The van der Waals surface area contributed by atoms with Gasteiger partial charge in [-0.2, -0.15) is 21.4 Å². The number of nitriles is 1. The molecule has 0 spiro atoms. The number of anilines is 2. The summed E-state index contributed by atoms with van der Waals surface area (Å²) in [4.78, 5) is 52.7. The average molecular weight is 2620 g/mol. The van der Waals surface area contributed by atoms with Crippen molar-refractivity contribution >= 4 is 301 Å². The van der Waals surface area contributed by atoms with Gasteiger partial charge in [0.05, 0.1) is 52.7 Å². The van der Waals surface area contributed by atoms with Gasteiger partial charge in [-0.05, 0) is 178 Å². The third-order valence-corrected chi connectivity index (χ3v) is 35.7. The van der Waals surface area contributed by atoms with Crippen LogP contribution in [0.15, 0.2) is 101 Å². The van der Waals surface area contributed by atoms with Crippen molar-refractivity contribution in [3.63, 3.8) is 0 Å². The van der Waals surface area contributed by atoms with Crippen LogP contribution in [0.4, 0.5) is 11.4 Å². The number of hydrogen-bond donors (Lipinski definition) is 6. The van der Waals surface area contributed by atoms with Gasteiger partial charge < -0.3 is 46.1 Å². The van der Waals surface area contributed by atoms with Crippen LogP contribution in [0.1, 0.15) is 221 Å². The van der Waals surface area contributed by atoms with Crippen LogP contribution >= 0.6 is 231 Å². The number of aliphatic hydroxyl groups is 3. The molecule has 146 heavy (non-hydrogen) atoms. The van der Waals surface area contributed by atoms with Crippen LogP contribution in [0.25, 0.3) is 0 Å². The molecule has 5 unspecified atom stereocenters. The fourth-order valence-electron chi connectivity index (χ4n) is 10.0. The predicted molar refractivity (Wildman–Crippen MR) is 617 cm³/mol. The zero-order valence-corrected chi connectivity index (χ0v) is 101. The summed E-state index contributed by atoms with van der Waals surface area (Å²) in [5, 5.41) is 103. The number of ether oxygens (including phenoxy) is 3. The molecular weight excluding hydrogens is 2500 g/mol. The molecule has 0 saturated heterocycles. The summed E-state index contributed by atoms with van der Waals surface area (Å²) < 4.78 is 18.7. The van der Waals surface area contributed by atoms with E-state index in [-0.39, 0.29) is 156 Å². The smallest absolute Gasteiger partial charge is 0.152 e. The Morgan fingerprint density at radius 1 is 0.438 bits per heavy atom. The Labute approximate surface area is 964 Å². The van der Waals surface area contributed by atoms with E-state index in [4.69, 9.17) is 260 Å². The standard InChI is InChI=1S/C19H17Cl3N4O3.C14H12Cl3IN2O.C14H14Cl3N3O.C8H10Cl2N2.C7H8Cl2N2O.C6H5Cl2NO.C6H15ClSi.C5H5N2O2.C4H2Cl2N2.C4H10O2.C2H3N.3CH4.3CH3.Sn/c1-4-9(2)11-7-15(23-24-19(11)22)29-18-12(20)5-10(6-13(18)21)17-14(27)8-16(28)26(3)25-17;2*1-3-7(2)9-6-12(19-20-14(9)17)21-13-10(15)4-8(18)5-11(13)16;1-3-5(2)6-4-7(9)11-12-8(6)10;1-4(3-12)5-2-6(8)10-11-7(5)9;7-4-1-3(9)2-5(8)6(4)10;1-6(2,3)8(4,5)7;1-7-5(9)2-4(8)3-6-7;5-3-1-2-4(6)8-7-3;1-4(2-5)3-6;1-2-3;;;;;;;/h5-7,9H,4,8H2,1-3H3;4-7H,3H2,1-2H3;4-7H,3,18H2,1-2H3;4-5H,3H2,1-2H3;2,4,12H,3H2,1H3;1-2,10H,9H2;1-5H3;2H2,1H3;1-2H;4-6H,2-3H2,1H3;1H3;3*1H4;3*1H3;. The number of hydrogen-bond acceptors (Lipinski definition) is 28. The van der Waals surface area contributed by atoms with E-state index in [1.807, 2.05) is 20.8 Å². The first-order valence-corrected chi connectivity index (χ1v) is 64.6. The number of Topliss-reactive ketones (excluding diaryl/α,β-unsaturated/α-hetero) is 2. The fourth-order valence-corrected chi connectivity index (χ4v) is 19.1. The van der Waals surface area contributed by atoms with Gasteiger partial charge in [0.15, 0.2) is 82.5 Å². The number of benzene rings is 4. The molecule has 0 saturated carbocycles. The maximum absolute atomic E-state index is 12.2. The number of nitrogen functional groups attached to an aromatic ring is 2. The van der Waals surface area contributed by atoms with Crippen LogP contribution in [0.5, 0.6) is 40.6 Å². The number of nitrogens with zero attached hydrogens (tertiary/aromatic N) is 17. The molecule has 0 radical (unpaired) electrons. The van der Waals surface area contributed by atoms with E-state index in [2.05, 4.69) is 184 Å². The molecule has 8 heterocycles. The number of rotatable bonds is 20. The average Bonchev–Trinajstić information content (AvgIpc) is 0.784. The summed E-state index contributed by atoms with van der Waals surface area (Å²) in [5.74, 6) is 1.47. The van der Waals surface area contributed by atoms with Gasteiger partial charge in [-0.1, -0.05) is 323 Å². The van der Waals surface area contributed by atoms with E-state index in [0.29, 0.717) is 110 Å². The van der Waals surface area contributed by atoms with Gasteiger partial charge in [0.2, 0.25) is 23.5 Å². The predicted octanol–water partition coefficient (Wildman–Crippen LogP) is 31.7.